The molecule has 17 heavy (non-hydrogen) atoms. The molecule has 2 amide bonds. The van der Waals surface area contributed by atoms with Gasteiger partial charge >= 0.3 is 6.03 Å². The minimum absolute atomic E-state index is 0.00789. The van der Waals surface area contributed by atoms with E-state index >= 15 is 0 Å². The molecule has 0 aliphatic carbocycles. The highest BCUT2D eigenvalue weighted by Gasteiger charge is 2.35. The molecule has 1 aromatic rings. The lowest BCUT2D eigenvalue weighted by atomic mass is 10.2. The Morgan fingerprint density at radius 1 is 1.35 bits per heavy atom. The van der Waals surface area contributed by atoms with Crippen LogP contribution < -0.4 is 15.8 Å². The molecule has 0 bridgehead atoms. The average Bonchev–Trinajstić information content (AvgIpc) is 2.71. The molecule has 0 saturated carbocycles. The number of aromatic nitrogens is 2. The normalized spacial score (nSPS) is 23.5. The summed E-state index contributed by atoms with van der Waals surface area (Å²) < 4.78 is 0. The topological polar surface area (TPSA) is 81.3 Å². The van der Waals surface area contributed by atoms with E-state index in [9.17, 15) is 9.59 Å². The first-order valence-electron chi connectivity index (χ1n) is 5.58. The summed E-state index contributed by atoms with van der Waals surface area (Å²) >= 11 is 0. The second-order valence-corrected chi connectivity index (χ2v) is 4.25. The molecule has 3 heterocycles. The molecule has 2 N–H and O–H groups in total. The van der Waals surface area contributed by atoms with Gasteiger partial charge in [-0.05, 0) is 0 Å². The van der Waals surface area contributed by atoms with E-state index in [2.05, 4.69) is 15.3 Å². The van der Waals surface area contributed by atoms with Gasteiger partial charge in [-0.1, -0.05) is 0 Å². The van der Waals surface area contributed by atoms with Crippen LogP contribution in [-0.2, 0) is 0 Å². The van der Waals surface area contributed by atoms with E-state index in [-0.39, 0.29) is 17.6 Å². The molecule has 1 unspecified atom stereocenters. The summed E-state index contributed by atoms with van der Waals surface area (Å²) in [4.78, 5) is 33.2. The number of H-pyrrole nitrogens is 1. The summed E-state index contributed by atoms with van der Waals surface area (Å²) in [5, 5.41) is 2.82. The summed E-state index contributed by atoms with van der Waals surface area (Å²) in [5.41, 5.74) is -0.155. The van der Waals surface area contributed by atoms with Crippen molar-refractivity contribution in [3.63, 3.8) is 0 Å². The van der Waals surface area contributed by atoms with Gasteiger partial charge in [0, 0.05) is 32.2 Å². The number of piperazine rings is 1. The van der Waals surface area contributed by atoms with Gasteiger partial charge in [-0.25, -0.2) is 9.78 Å². The molecule has 7 heteroatoms. The Morgan fingerprint density at radius 2 is 2.24 bits per heavy atom. The van der Waals surface area contributed by atoms with Crippen LogP contribution in [0.2, 0.25) is 0 Å². The number of anilines is 1. The van der Waals surface area contributed by atoms with Crippen molar-refractivity contribution in [3.8, 4) is 0 Å². The lowest BCUT2D eigenvalue weighted by molar-refractivity contribution is 0.197. The Hall–Kier alpha value is -2.05. The van der Waals surface area contributed by atoms with Crippen molar-refractivity contribution in [2.75, 3.05) is 31.1 Å². The molecule has 3 rings (SSSR count). The summed E-state index contributed by atoms with van der Waals surface area (Å²) in [6.45, 7) is 2.76. The van der Waals surface area contributed by atoms with E-state index in [4.69, 9.17) is 0 Å². The number of amides is 2. The van der Waals surface area contributed by atoms with Gasteiger partial charge in [0.05, 0.1) is 12.4 Å². The molecule has 2 aliphatic rings. The molecule has 1 aromatic heterocycles. The standard InChI is InChI=1S/C10H13N5O2/c16-9-3-8(12-6-13-9)14-1-2-15-7(5-14)4-11-10(15)17/h3,6-7H,1-2,4-5H2,(H,11,17)(H,12,13,16). The highest BCUT2D eigenvalue weighted by Crippen LogP contribution is 2.17. The zero-order chi connectivity index (χ0) is 11.8. The van der Waals surface area contributed by atoms with Gasteiger partial charge in [-0.2, -0.15) is 0 Å². The van der Waals surface area contributed by atoms with Gasteiger partial charge in [-0.15, -0.1) is 0 Å². The zero-order valence-electron chi connectivity index (χ0n) is 9.22. The molecule has 90 valence electrons. The molecular weight excluding hydrogens is 222 g/mol. The lowest BCUT2D eigenvalue weighted by Crippen LogP contribution is -2.52. The van der Waals surface area contributed by atoms with Crippen LogP contribution in [-0.4, -0.2) is 53.1 Å². The predicted octanol–water partition coefficient (Wildman–Crippen LogP) is -1.02. The molecular formula is C10H13N5O2. The van der Waals surface area contributed by atoms with Crippen molar-refractivity contribution in [3.05, 3.63) is 22.7 Å². The number of rotatable bonds is 1. The van der Waals surface area contributed by atoms with Crippen LogP contribution in [0.5, 0.6) is 0 Å². The van der Waals surface area contributed by atoms with E-state index in [1.54, 1.807) is 0 Å². The van der Waals surface area contributed by atoms with Crippen LogP contribution >= 0.6 is 0 Å². The average molecular weight is 235 g/mol. The van der Waals surface area contributed by atoms with Crippen LogP contribution in [0.25, 0.3) is 0 Å². The number of hydrogen-bond acceptors (Lipinski definition) is 4. The van der Waals surface area contributed by atoms with Crippen LogP contribution in [0.4, 0.5) is 10.6 Å². The first-order valence-corrected chi connectivity index (χ1v) is 5.58. The van der Waals surface area contributed by atoms with Gasteiger partial charge in [0.15, 0.2) is 0 Å². The van der Waals surface area contributed by atoms with E-state index in [1.807, 2.05) is 9.80 Å². The fourth-order valence-electron chi connectivity index (χ4n) is 2.34. The monoisotopic (exact) mass is 235 g/mol. The van der Waals surface area contributed by atoms with Crippen molar-refractivity contribution in [2.45, 2.75) is 6.04 Å². The highest BCUT2D eigenvalue weighted by molar-refractivity contribution is 5.77. The molecule has 0 radical (unpaired) electrons. The number of fused-ring (bicyclic) bond motifs is 1. The summed E-state index contributed by atoms with van der Waals surface area (Å²) in [6.07, 6.45) is 1.40. The first-order chi connectivity index (χ1) is 8.24. The van der Waals surface area contributed by atoms with Crippen molar-refractivity contribution in [1.29, 1.82) is 0 Å². The number of nitrogens with one attached hydrogen (secondary N) is 2. The van der Waals surface area contributed by atoms with E-state index in [0.29, 0.717) is 25.5 Å². The smallest absolute Gasteiger partial charge is 0.317 e. The third kappa shape index (κ3) is 1.73. The van der Waals surface area contributed by atoms with Crippen LogP contribution in [0.15, 0.2) is 17.2 Å². The van der Waals surface area contributed by atoms with Crippen molar-refractivity contribution < 1.29 is 4.79 Å². The molecule has 7 nitrogen and oxygen atoms in total. The number of nitrogens with zero attached hydrogens (tertiary/aromatic N) is 3. The second-order valence-electron chi connectivity index (χ2n) is 4.25. The molecule has 2 saturated heterocycles. The predicted molar refractivity (Wildman–Crippen MR) is 61.0 cm³/mol. The maximum absolute atomic E-state index is 11.4. The number of carbonyl (C=O) groups is 1. The SMILES string of the molecule is O=C1NCC2CN(c3cc(=O)[nH]cn3)CCN12. The number of aromatic amines is 1. The number of hydrogen-bond donors (Lipinski definition) is 2. The first kappa shape index (κ1) is 10.1. The van der Waals surface area contributed by atoms with Gasteiger partial charge in [0.2, 0.25) is 0 Å². The van der Waals surface area contributed by atoms with Crippen molar-refractivity contribution in [2.24, 2.45) is 0 Å². The minimum Gasteiger partial charge on any atom is -0.352 e. The number of carbonyl (C=O) groups excluding carboxylic acids is 1. The summed E-state index contributed by atoms with van der Waals surface area (Å²) in [5.74, 6) is 0.674. The molecule has 0 spiro atoms. The lowest BCUT2D eigenvalue weighted by Gasteiger charge is -2.36. The van der Waals surface area contributed by atoms with E-state index < -0.39 is 0 Å². The van der Waals surface area contributed by atoms with Crippen LogP contribution in [0.3, 0.4) is 0 Å². The fourth-order valence-corrected chi connectivity index (χ4v) is 2.34. The zero-order valence-corrected chi connectivity index (χ0v) is 9.22. The van der Waals surface area contributed by atoms with E-state index in [1.165, 1.54) is 12.4 Å². The van der Waals surface area contributed by atoms with E-state index in [0.717, 1.165) is 6.54 Å². The van der Waals surface area contributed by atoms with Crippen molar-refractivity contribution >= 4 is 11.8 Å². The highest BCUT2D eigenvalue weighted by atomic mass is 16.2. The summed E-state index contributed by atoms with van der Waals surface area (Å²) in [7, 11) is 0. The molecule has 0 aromatic carbocycles. The Morgan fingerprint density at radius 3 is 3.06 bits per heavy atom. The maximum Gasteiger partial charge on any atom is 0.317 e. The van der Waals surface area contributed by atoms with Crippen LogP contribution in [0.1, 0.15) is 0 Å². The third-order valence-corrected chi connectivity index (χ3v) is 3.22. The molecule has 2 aliphatic heterocycles. The molecule has 2 fully saturated rings. The minimum atomic E-state index is -0.155. The van der Waals surface area contributed by atoms with Gasteiger partial charge < -0.3 is 20.1 Å². The Bertz CT molecular complexity index is 499. The number of urea groups is 1. The van der Waals surface area contributed by atoms with Crippen LogP contribution in [0, 0.1) is 0 Å². The largest absolute Gasteiger partial charge is 0.352 e. The van der Waals surface area contributed by atoms with Gasteiger partial charge in [-0.3, -0.25) is 4.79 Å². The van der Waals surface area contributed by atoms with Crippen molar-refractivity contribution in [1.82, 2.24) is 20.2 Å². The Labute approximate surface area is 97.4 Å². The molecule has 1 atom stereocenters. The third-order valence-electron chi connectivity index (χ3n) is 3.22. The quantitative estimate of drug-likeness (QED) is 0.653. The Kier molecular flexibility index (Phi) is 2.24. The van der Waals surface area contributed by atoms with Gasteiger partial charge in [0.25, 0.3) is 5.56 Å². The van der Waals surface area contributed by atoms with Gasteiger partial charge in [0.1, 0.15) is 5.82 Å². The fraction of sp³-hybridized carbons (Fsp3) is 0.500. The maximum atomic E-state index is 11.4. The Balaban J connectivity index is 1.79. The summed E-state index contributed by atoms with van der Waals surface area (Å²) in [6, 6.07) is 1.67. The second kappa shape index (κ2) is 3.76.